The summed E-state index contributed by atoms with van der Waals surface area (Å²) in [5, 5.41) is 2.99. The quantitative estimate of drug-likeness (QED) is 0.303. The lowest BCUT2D eigenvalue weighted by atomic mass is 10.2. The highest BCUT2D eigenvalue weighted by Crippen LogP contribution is 2.12. The standard InChI is InChI=1S/C18H31NO7S/c1-17-3-5-18(6-4-17)27(20,21)26-16-15-25-14-13-24-12-11-23-10-9-22-8-7-19-2/h3-6,19H,7-16H2,1-2H3. The number of nitrogens with one attached hydrogen (secondary N) is 1. The molecule has 0 aromatic heterocycles. The van der Waals surface area contributed by atoms with Crippen LogP contribution in [0.5, 0.6) is 0 Å². The molecule has 156 valence electrons. The highest BCUT2D eigenvalue weighted by Gasteiger charge is 2.14. The fraction of sp³-hybridized carbons (Fsp3) is 0.667. The van der Waals surface area contributed by atoms with Crippen LogP contribution in [-0.2, 0) is 33.2 Å². The third-order valence-electron chi connectivity index (χ3n) is 3.39. The predicted molar refractivity (Wildman–Crippen MR) is 102 cm³/mol. The van der Waals surface area contributed by atoms with E-state index in [9.17, 15) is 8.42 Å². The Morgan fingerprint density at radius 2 is 1.19 bits per heavy atom. The van der Waals surface area contributed by atoms with E-state index in [1.165, 1.54) is 12.1 Å². The van der Waals surface area contributed by atoms with Crippen LogP contribution in [0.2, 0.25) is 0 Å². The van der Waals surface area contributed by atoms with E-state index in [1.807, 2.05) is 14.0 Å². The first-order valence-electron chi connectivity index (χ1n) is 8.98. The normalized spacial score (nSPS) is 11.8. The largest absolute Gasteiger partial charge is 0.378 e. The molecule has 0 unspecified atom stereocenters. The van der Waals surface area contributed by atoms with Crippen LogP contribution in [0.15, 0.2) is 29.2 Å². The first kappa shape index (κ1) is 24.0. The van der Waals surface area contributed by atoms with Gasteiger partial charge in [-0.05, 0) is 26.1 Å². The van der Waals surface area contributed by atoms with Crippen LogP contribution in [0.1, 0.15) is 5.56 Å². The lowest BCUT2D eigenvalue weighted by Gasteiger charge is -2.08. The van der Waals surface area contributed by atoms with Crippen LogP contribution in [0.3, 0.4) is 0 Å². The van der Waals surface area contributed by atoms with Crippen molar-refractivity contribution < 1.29 is 31.5 Å². The van der Waals surface area contributed by atoms with Gasteiger partial charge in [0.25, 0.3) is 10.1 Å². The highest BCUT2D eigenvalue weighted by molar-refractivity contribution is 7.86. The molecule has 0 radical (unpaired) electrons. The van der Waals surface area contributed by atoms with Gasteiger partial charge >= 0.3 is 0 Å². The van der Waals surface area contributed by atoms with E-state index in [1.54, 1.807) is 12.1 Å². The van der Waals surface area contributed by atoms with Crippen LogP contribution >= 0.6 is 0 Å². The molecule has 27 heavy (non-hydrogen) atoms. The van der Waals surface area contributed by atoms with Crippen LogP contribution in [0.4, 0.5) is 0 Å². The second-order valence-electron chi connectivity index (χ2n) is 5.64. The molecule has 0 spiro atoms. The minimum atomic E-state index is -3.74. The van der Waals surface area contributed by atoms with Crippen LogP contribution in [0.25, 0.3) is 0 Å². The van der Waals surface area contributed by atoms with E-state index < -0.39 is 10.1 Å². The number of aryl methyl sites for hydroxylation is 1. The van der Waals surface area contributed by atoms with E-state index >= 15 is 0 Å². The van der Waals surface area contributed by atoms with Crippen LogP contribution < -0.4 is 5.32 Å². The summed E-state index contributed by atoms with van der Waals surface area (Å²) in [6.07, 6.45) is 0. The van der Waals surface area contributed by atoms with Gasteiger partial charge in [-0.15, -0.1) is 0 Å². The Morgan fingerprint density at radius 1 is 0.741 bits per heavy atom. The van der Waals surface area contributed by atoms with E-state index in [4.69, 9.17) is 23.1 Å². The molecule has 0 aliphatic heterocycles. The monoisotopic (exact) mass is 405 g/mol. The van der Waals surface area contributed by atoms with Crippen molar-refractivity contribution in [3.63, 3.8) is 0 Å². The molecule has 1 aromatic carbocycles. The smallest absolute Gasteiger partial charge is 0.297 e. The molecule has 0 atom stereocenters. The fourth-order valence-corrected chi connectivity index (χ4v) is 2.80. The van der Waals surface area contributed by atoms with Crippen molar-refractivity contribution in [2.45, 2.75) is 11.8 Å². The van der Waals surface area contributed by atoms with Crippen LogP contribution in [-0.4, -0.2) is 81.5 Å². The van der Waals surface area contributed by atoms with Crippen molar-refractivity contribution >= 4 is 10.1 Å². The average molecular weight is 406 g/mol. The van der Waals surface area contributed by atoms with E-state index in [0.29, 0.717) is 46.2 Å². The molecule has 9 heteroatoms. The Morgan fingerprint density at radius 3 is 1.67 bits per heavy atom. The summed E-state index contributed by atoms with van der Waals surface area (Å²) < 4.78 is 50.1. The Balaban J connectivity index is 1.91. The maximum atomic E-state index is 11.9. The zero-order chi connectivity index (χ0) is 19.8. The van der Waals surface area contributed by atoms with Crippen molar-refractivity contribution in [2.24, 2.45) is 0 Å². The molecule has 1 rings (SSSR count). The molecule has 0 heterocycles. The second kappa shape index (κ2) is 14.9. The molecule has 0 bridgehead atoms. The van der Waals surface area contributed by atoms with Gasteiger partial charge in [0.15, 0.2) is 0 Å². The number of rotatable bonds is 17. The maximum absolute atomic E-state index is 11.9. The molecule has 0 saturated heterocycles. The van der Waals surface area contributed by atoms with E-state index in [-0.39, 0.29) is 18.1 Å². The molecule has 0 saturated carbocycles. The first-order chi connectivity index (χ1) is 13.1. The van der Waals surface area contributed by atoms with Gasteiger partial charge in [0, 0.05) is 6.54 Å². The van der Waals surface area contributed by atoms with Gasteiger partial charge in [-0.1, -0.05) is 17.7 Å². The Labute approximate surface area is 162 Å². The molecule has 0 aliphatic rings. The number of ether oxygens (including phenoxy) is 4. The summed E-state index contributed by atoms with van der Waals surface area (Å²) in [7, 11) is -1.86. The number of benzene rings is 1. The fourth-order valence-electron chi connectivity index (χ4n) is 1.91. The number of hydrogen-bond acceptors (Lipinski definition) is 8. The molecular weight excluding hydrogens is 374 g/mol. The van der Waals surface area contributed by atoms with Gasteiger partial charge in [-0.3, -0.25) is 4.18 Å². The Bertz CT molecular complexity index is 578. The average Bonchev–Trinajstić information content (AvgIpc) is 2.65. The van der Waals surface area contributed by atoms with Crippen molar-refractivity contribution in [2.75, 3.05) is 73.1 Å². The minimum absolute atomic E-state index is 0.0348. The summed E-state index contributed by atoms with van der Waals surface area (Å²) in [5.41, 5.74) is 0.987. The molecule has 0 aliphatic carbocycles. The third kappa shape index (κ3) is 12.1. The zero-order valence-electron chi connectivity index (χ0n) is 16.1. The second-order valence-corrected chi connectivity index (χ2v) is 7.26. The van der Waals surface area contributed by atoms with Gasteiger partial charge in [0.05, 0.1) is 64.4 Å². The summed E-state index contributed by atoms with van der Waals surface area (Å²) >= 11 is 0. The highest BCUT2D eigenvalue weighted by atomic mass is 32.2. The summed E-state index contributed by atoms with van der Waals surface area (Å²) in [6.45, 7) is 6.36. The van der Waals surface area contributed by atoms with Gasteiger partial charge in [-0.25, -0.2) is 0 Å². The zero-order valence-corrected chi connectivity index (χ0v) is 17.0. The molecule has 0 amide bonds. The minimum Gasteiger partial charge on any atom is -0.378 e. The van der Waals surface area contributed by atoms with Gasteiger partial charge < -0.3 is 24.3 Å². The summed E-state index contributed by atoms with van der Waals surface area (Å²) in [5.74, 6) is 0. The number of hydrogen-bond donors (Lipinski definition) is 1. The molecular formula is C18H31NO7S. The van der Waals surface area contributed by atoms with E-state index in [2.05, 4.69) is 5.32 Å². The van der Waals surface area contributed by atoms with Gasteiger partial charge in [0.2, 0.25) is 0 Å². The lowest BCUT2D eigenvalue weighted by molar-refractivity contribution is -0.00398. The van der Waals surface area contributed by atoms with Crippen molar-refractivity contribution in [1.82, 2.24) is 5.32 Å². The first-order valence-corrected chi connectivity index (χ1v) is 10.4. The topological polar surface area (TPSA) is 92.3 Å². The summed E-state index contributed by atoms with van der Waals surface area (Å²) in [6, 6.07) is 6.50. The SMILES string of the molecule is CNCCOCCOCCOCCOCCOS(=O)(=O)c1ccc(C)cc1. The summed E-state index contributed by atoms with van der Waals surface area (Å²) in [4.78, 5) is 0.142. The molecule has 0 fully saturated rings. The third-order valence-corrected chi connectivity index (χ3v) is 4.71. The Hall–Kier alpha value is -1.07. The lowest BCUT2D eigenvalue weighted by Crippen LogP contribution is -2.17. The molecule has 1 N–H and O–H groups in total. The van der Waals surface area contributed by atoms with E-state index in [0.717, 1.165) is 12.1 Å². The maximum Gasteiger partial charge on any atom is 0.297 e. The van der Waals surface area contributed by atoms with Crippen LogP contribution in [0, 0.1) is 6.92 Å². The van der Waals surface area contributed by atoms with Gasteiger partial charge in [0.1, 0.15) is 0 Å². The number of likely N-dealkylation sites (N-methyl/N-ethyl adjacent to an activating group) is 1. The Kier molecular flexibility index (Phi) is 13.2. The van der Waals surface area contributed by atoms with Crippen molar-refractivity contribution in [3.05, 3.63) is 29.8 Å². The van der Waals surface area contributed by atoms with Gasteiger partial charge in [-0.2, -0.15) is 8.42 Å². The molecule has 8 nitrogen and oxygen atoms in total. The predicted octanol–water partition coefficient (Wildman–Crippen LogP) is 0.986. The molecule has 1 aromatic rings. The van der Waals surface area contributed by atoms with Crippen molar-refractivity contribution in [1.29, 1.82) is 0 Å². The van der Waals surface area contributed by atoms with Crippen molar-refractivity contribution in [3.8, 4) is 0 Å².